The minimum Gasteiger partial charge on any atom is -0.374 e. The monoisotopic (exact) mass is 261 g/mol. The predicted octanol–water partition coefficient (Wildman–Crippen LogP) is 0.415. The van der Waals surface area contributed by atoms with Gasteiger partial charge in [0.1, 0.15) is 0 Å². The molecule has 0 spiro atoms. The summed E-state index contributed by atoms with van der Waals surface area (Å²) >= 11 is 1.10. The number of hydrogen-bond acceptors (Lipinski definition) is 7. The van der Waals surface area contributed by atoms with Gasteiger partial charge in [-0.3, -0.25) is 15.1 Å². The van der Waals surface area contributed by atoms with Crippen LogP contribution in [0.5, 0.6) is 0 Å². The van der Waals surface area contributed by atoms with Gasteiger partial charge in [-0.1, -0.05) is 11.3 Å². The van der Waals surface area contributed by atoms with Crippen molar-refractivity contribution in [1.82, 2.24) is 24.8 Å². The van der Waals surface area contributed by atoms with Gasteiger partial charge < -0.3 is 5.73 Å². The zero-order chi connectivity index (χ0) is 12.5. The van der Waals surface area contributed by atoms with Crippen LogP contribution in [-0.4, -0.2) is 30.7 Å². The Morgan fingerprint density at radius 2 is 2.28 bits per heavy atom. The van der Waals surface area contributed by atoms with Gasteiger partial charge in [0.05, 0.1) is 23.5 Å². The van der Waals surface area contributed by atoms with E-state index in [1.165, 1.54) is 6.20 Å². The van der Waals surface area contributed by atoms with Gasteiger partial charge in [0.25, 0.3) is 5.91 Å². The maximum absolute atomic E-state index is 12.0. The molecule has 0 atom stereocenters. The van der Waals surface area contributed by atoms with E-state index < -0.39 is 0 Å². The van der Waals surface area contributed by atoms with Gasteiger partial charge in [-0.25, -0.2) is 4.52 Å². The molecule has 3 aromatic rings. The molecule has 0 saturated heterocycles. The van der Waals surface area contributed by atoms with E-state index in [2.05, 4.69) is 25.6 Å². The Labute approximate surface area is 104 Å². The number of fused-ring (bicyclic) bond motifs is 1. The quantitative estimate of drug-likeness (QED) is 0.691. The maximum atomic E-state index is 12.0. The summed E-state index contributed by atoms with van der Waals surface area (Å²) in [5, 5.41) is 14.6. The van der Waals surface area contributed by atoms with Gasteiger partial charge >= 0.3 is 0 Å². The second kappa shape index (κ2) is 4.04. The summed E-state index contributed by atoms with van der Waals surface area (Å²) in [4.78, 5) is 16.0. The first-order valence-electron chi connectivity index (χ1n) is 4.92. The summed E-state index contributed by atoms with van der Waals surface area (Å²) < 4.78 is 1.57. The zero-order valence-corrected chi connectivity index (χ0v) is 9.76. The Morgan fingerprint density at radius 3 is 3.06 bits per heavy atom. The van der Waals surface area contributed by atoms with Crippen molar-refractivity contribution < 1.29 is 4.79 Å². The molecule has 0 aromatic carbocycles. The smallest absolute Gasteiger partial charge is 0.261 e. The number of nitrogens with two attached hydrogens (primary N) is 1. The van der Waals surface area contributed by atoms with Crippen LogP contribution >= 0.6 is 11.3 Å². The molecule has 8 nitrogen and oxygen atoms in total. The normalized spacial score (nSPS) is 10.7. The Hall–Kier alpha value is -2.55. The highest BCUT2D eigenvalue weighted by Crippen LogP contribution is 2.18. The van der Waals surface area contributed by atoms with Crippen molar-refractivity contribution in [2.24, 2.45) is 0 Å². The third-order valence-corrected chi connectivity index (χ3v) is 2.90. The fourth-order valence-electron chi connectivity index (χ4n) is 1.46. The van der Waals surface area contributed by atoms with Crippen molar-refractivity contribution in [3.05, 3.63) is 30.4 Å². The number of carbonyl (C=O) groups is 1. The summed E-state index contributed by atoms with van der Waals surface area (Å²) in [6, 6.07) is 0. The van der Waals surface area contributed by atoms with Gasteiger partial charge in [0.15, 0.2) is 0 Å². The topological polar surface area (TPSA) is 111 Å². The van der Waals surface area contributed by atoms with Crippen LogP contribution in [0.4, 0.5) is 10.3 Å². The second-order valence-electron chi connectivity index (χ2n) is 3.36. The summed E-state index contributed by atoms with van der Waals surface area (Å²) in [5.41, 5.74) is 6.46. The number of carbonyl (C=O) groups excluding carboxylic acids is 1. The van der Waals surface area contributed by atoms with E-state index >= 15 is 0 Å². The predicted molar refractivity (Wildman–Crippen MR) is 65.3 cm³/mol. The fourth-order valence-corrected chi connectivity index (χ4v) is 1.96. The second-order valence-corrected chi connectivity index (χ2v) is 4.37. The van der Waals surface area contributed by atoms with Crippen LogP contribution in [0.2, 0.25) is 0 Å². The Kier molecular flexibility index (Phi) is 2.38. The molecule has 90 valence electrons. The summed E-state index contributed by atoms with van der Waals surface area (Å²) in [6.07, 6.45) is 6.29. The van der Waals surface area contributed by atoms with E-state index in [0.717, 1.165) is 11.3 Å². The van der Waals surface area contributed by atoms with Crippen LogP contribution < -0.4 is 11.1 Å². The van der Waals surface area contributed by atoms with E-state index in [9.17, 15) is 4.79 Å². The molecular weight excluding hydrogens is 254 g/mol. The highest BCUT2D eigenvalue weighted by atomic mass is 32.1. The van der Waals surface area contributed by atoms with E-state index in [0.29, 0.717) is 21.3 Å². The Bertz CT molecular complexity index is 718. The molecule has 0 unspecified atom stereocenters. The molecule has 0 bridgehead atoms. The average Bonchev–Trinajstić information content (AvgIpc) is 2.95. The average molecular weight is 261 g/mol. The minimum atomic E-state index is -0.325. The van der Waals surface area contributed by atoms with E-state index in [-0.39, 0.29) is 5.91 Å². The molecule has 0 aliphatic heterocycles. The number of amides is 1. The molecule has 3 heterocycles. The van der Waals surface area contributed by atoms with Crippen LogP contribution in [-0.2, 0) is 0 Å². The lowest BCUT2D eigenvalue weighted by Gasteiger charge is -1.98. The first kappa shape index (κ1) is 10.6. The summed E-state index contributed by atoms with van der Waals surface area (Å²) in [7, 11) is 0. The lowest BCUT2D eigenvalue weighted by molar-refractivity contribution is 0.102. The molecule has 0 saturated carbocycles. The maximum Gasteiger partial charge on any atom is 0.261 e. The molecule has 9 heteroatoms. The summed E-state index contributed by atoms with van der Waals surface area (Å²) in [5.74, 6) is -0.325. The summed E-state index contributed by atoms with van der Waals surface area (Å²) in [6.45, 7) is 0. The highest BCUT2D eigenvalue weighted by molar-refractivity contribution is 7.19. The Morgan fingerprint density at radius 1 is 1.39 bits per heavy atom. The van der Waals surface area contributed by atoms with Gasteiger partial charge in [0, 0.05) is 12.4 Å². The number of nitrogens with zero attached hydrogens (tertiary/aromatic N) is 5. The van der Waals surface area contributed by atoms with Crippen LogP contribution in [0.1, 0.15) is 10.4 Å². The number of rotatable bonds is 2. The first-order valence-corrected chi connectivity index (χ1v) is 5.73. The van der Waals surface area contributed by atoms with Crippen molar-refractivity contribution in [2.75, 3.05) is 11.1 Å². The first-order chi connectivity index (χ1) is 8.74. The van der Waals surface area contributed by atoms with Crippen LogP contribution in [0.15, 0.2) is 24.8 Å². The molecular formula is C9H7N7OS. The van der Waals surface area contributed by atoms with Gasteiger partial charge in [-0.05, 0) is 0 Å². The van der Waals surface area contributed by atoms with Gasteiger partial charge in [0.2, 0.25) is 10.3 Å². The zero-order valence-electron chi connectivity index (χ0n) is 8.94. The lowest BCUT2D eigenvalue weighted by Crippen LogP contribution is -2.11. The van der Waals surface area contributed by atoms with Crippen molar-refractivity contribution in [2.45, 2.75) is 0 Å². The number of hydrogen-bond donors (Lipinski definition) is 2. The van der Waals surface area contributed by atoms with E-state index in [4.69, 9.17) is 5.73 Å². The third-order valence-electron chi connectivity index (χ3n) is 2.23. The van der Waals surface area contributed by atoms with E-state index in [1.54, 1.807) is 23.1 Å². The fraction of sp³-hybridized carbons (Fsp3) is 0. The number of anilines is 2. The van der Waals surface area contributed by atoms with Crippen molar-refractivity contribution in [1.29, 1.82) is 0 Å². The van der Waals surface area contributed by atoms with Crippen molar-refractivity contribution in [3.63, 3.8) is 0 Å². The third kappa shape index (κ3) is 1.76. The lowest BCUT2D eigenvalue weighted by atomic mass is 10.3. The van der Waals surface area contributed by atoms with Crippen LogP contribution in [0.25, 0.3) is 5.52 Å². The molecule has 0 fully saturated rings. The molecule has 3 aromatic heterocycles. The minimum absolute atomic E-state index is 0.298. The molecule has 3 N–H and O–H groups in total. The molecule has 0 aliphatic rings. The molecule has 0 radical (unpaired) electrons. The molecule has 3 rings (SSSR count). The van der Waals surface area contributed by atoms with Crippen LogP contribution in [0.3, 0.4) is 0 Å². The molecule has 1 amide bonds. The standard InChI is InChI=1S/C9H7N7OS/c10-8-14-15-9(18-8)13-7(17)5-3-12-16-2-1-11-4-6(5)16/h1-4H,(H2,10,14)(H,13,15,17). The van der Waals surface area contributed by atoms with Gasteiger partial charge in [-0.15, -0.1) is 10.2 Å². The number of nitrogens with one attached hydrogen (secondary N) is 1. The molecule has 18 heavy (non-hydrogen) atoms. The van der Waals surface area contributed by atoms with E-state index in [1.807, 2.05) is 0 Å². The highest BCUT2D eigenvalue weighted by Gasteiger charge is 2.14. The largest absolute Gasteiger partial charge is 0.374 e. The van der Waals surface area contributed by atoms with Crippen molar-refractivity contribution >= 4 is 33.0 Å². The van der Waals surface area contributed by atoms with Gasteiger partial charge in [-0.2, -0.15) is 5.10 Å². The SMILES string of the molecule is Nc1nnc(NC(=O)c2cnn3ccncc23)s1. The number of nitrogen functional groups attached to an aromatic ring is 1. The number of aromatic nitrogens is 5. The van der Waals surface area contributed by atoms with Crippen LogP contribution in [0, 0.1) is 0 Å². The van der Waals surface area contributed by atoms with Crippen molar-refractivity contribution in [3.8, 4) is 0 Å². The Balaban J connectivity index is 1.92. The molecule has 0 aliphatic carbocycles.